The molecule has 24 heteroatoms. The predicted molar refractivity (Wildman–Crippen MR) is 462 cm³/mol. The van der Waals surface area contributed by atoms with E-state index < -0.39 is 41.8 Å². The predicted octanol–water partition coefficient (Wildman–Crippen LogP) is 20.8. The van der Waals surface area contributed by atoms with E-state index in [9.17, 15) is 57.5 Å². The Hall–Kier alpha value is -6.20. The van der Waals surface area contributed by atoms with Gasteiger partial charge in [-0.3, -0.25) is 57.5 Å². The number of unbranched alkanes of at least 4 members (excludes halogenated alkanes) is 42. The van der Waals surface area contributed by atoms with Gasteiger partial charge < -0.3 is 62.6 Å². The summed E-state index contributed by atoms with van der Waals surface area (Å²) in [5, 5.41) is 56.5. The molecule has 24 nitrogen and oxygen atoms in total. The molecular weight excluding hydrogens is 1450 g/mol. The Balaban J connectivity index is -0.000000319. The molecule has 0 heterocycles. The highest BCUT2D eigenvalue weighted by atomic mass is 16.6. The Bertz CT molecular complexity index is 2170. The highest BCUT2D eigenvalue weighted by Gasteiger charge is 2.12. The fraction of sp³-hybridized carbons (Fsp3) is 0.867. The van der Waals surface area contributed by atoms with Crippen LogP contribution in [-0.2, 0) is 62.3 Å². The lowest BCUT2D eigenvalue weighted by Gasteiger charge is -2.06. The van der Waals surface area contributed by atoms with Crippen molar-refractivity contribution >= 4 is 71.3 Å². The van der Waals surface area contributed by atoms with Gasteiger partial charge in [0.1, 0.15) is 0 Å². The van der Waals surface area contributed by atoms with E-state index in [0.717, 1.165) is 173 Å². The van der Waals surface area contributed by atoms with E-state index in [1.54, 1.807) is 0 Å². The quantitative estimate of drug-likeness (QED) is 0.0153. The van der Waals surface area contributed by atoms with Crippen LogP contribution >= 0.6 is 0 Å². The van der Waals surface area contributed by atoms with E-state index in [1.807, 2.05) is 0 Å². The number of hydrogen-bond donors (Lipinski definition) is 11. The summed E-state index contributed by atoms with van der Waals surface area (Å²) in [5.74, 6) is -3.86. The molecule has 0 aromatic carbocycles. The highest BCUT2D eigenvalue weighted by molar-refractivity contribution is 5.85. The zero-order valence-electron chi connectivity index (χ0n) is 73.5. The molecule has 0 aromatic rings. The van der Waals surface area contributed by atoms with Gasteiger partial charge in [0.15, 0.2) is 0 Å². The average molecular weight is 1630 g/mol. The molecule has 0 fully saturated rings. The largest absolute Gasteiger partial charge is 0.481 e. The molecule has 0 atom stereocenters. The fourth-order valence-corrected chi connectivity index (χ4v) is 11.7. The number of hydrogen-bond acceptors (Lipinski definition) is 14. The third-order valence-electron chi connectivity index (χ3n) is 18.8. The number of carbonyl (C=O) groups is 12. The zero-order chi connectivity index (χ0) is 86.1. The second kappa shape index (κ2) is 103. The number of ether oxygens (including phenoxy) is 1. The van der Waals surface area contributed by atoms with Gasteiger partial charge in [0.2, 0.25) is 29.5 Å². The minimum atomic E-state index is -0.766. The van der Waals surface area contributed by atoms with Gasteiger partial charge in [-0.25, -0.2) is 0 Å². The van der Waals surface area contributed by atoms with Crippen LogP contribution in [0.5, 0.6) is 0 Å². The lowest BCUT2D eigenvalue weighted by atomic mass is 10.1. The number of carbonyl (C=O) groups excluding carboxylic acids is 7. The van der Waals surface area contributed by atoms with Crippen molar-refractivity contribution in [2.45, 2.75) is 465 Å². The Morgan fingerprint density at radius 2 is 0.333 bits per heavy atom. The molecule has 0 bridgehead atoms. The molecule has 0 saturated heterocycles. The summed E-state index contributed by atoms with van der Waals surface area (Å²) < 4.78 is 4.85. The van der Waals surface area contributed by atoms with Gasteiger partial charge in [-0.2, -0.15) is 0 Å². The van der Waals surface area contributed by atoms with E-state index in [4.69, 9.17) is 36.0 Å². The van der Waals surface area contributed by atoms with Crippen molar-refractivity contribution in [3.63, 3.8) is 0 Å². The molecule has 672 valence electrons. The van der Waals surface area contributed by atoms with Gasteiger partial charge in [0, 0.05) is 110 Å². The molecular formula is C90H174N6O18. The highest BCUT2D eigenvalue weighted by Crippen LogP contribution is 2.14. The number of carboxylic acids is 5. The van der Waals surface area contributed by atoms with Crippen LogP contribution in [0, 0.1) is 0 Å². The van der Waals surface area contributed by atoms with E-state index in [0.29, 0.717) is 110 Å². The van der Waals surface area contributed by atoms with Crippen LogP contribution in [0.1, 0.15) is 465 Å². The molecule has 0 spiro atoms. The number of rotatable bonds is 77. The summed E-state index contributed by atoms with van der Waals surface area (Å²) in [6.07, 6.45) is 61.9. The minimum Gasteiger partial charge on any atom is -0.481 e. The van der Waals surface area contributed by atoms with Crippen LogP contribution in [0.4, 0.5) is 0 Å². The van der Waals surface area contributed by atoms with Crippen LogP contribution in [0.25, 0.3) is 0 Å². The number of aliphatic carboxylic acids is 5. The summed E-state index contributed by atoms with van der Waals surface area (Å²) in [7, 11) is 0. The maximum Gasteiger partial charge on any atom is 0.313 e. The Kier molecular flexibility index (Phi) is 107. The summed E-state index contributed by atoms with van der Waals surface area (Å²) >= 11 is 0. The molecule has 0 unspecified atom stereocenters. The lowest BCUT2D eigenvalue weighted by molar-refractivity contribution is -0.160. The molecule has 0 aliphatic rings. The van der Waals surface area contributed by atoms with Crippen molar-refractivity contribution in [3.05, 3.63) is 0 Å². The second-order valence-electron chi connectivity index (χ2n) is 30.3. The van der Waals surface area contributed by atoms with Gasteiger partial charge in [-0.1, -0.05) is 273 Å². The molecule has 0 rings (SSSR count). The molecule has 0 aliphatic heterocycles. The summed E-state index contributed by atoms with van der Waals surface area (Å²) in [4.78, 5) is 132. The molecule has 12 N–H and O–H groups in total. The smallest absolute Gasteiger partial charge is 0.313 e. The number of carboxylic acid groups (broad SMARTS) is 5. The minimum absolute atomic E-state index is 0.0559. The molecule has 0 radical (unpaired) electrons. The number of amides is 5. The molecule has 5 amide bonds. The first-order valence-corrected chi connectivity index (χ1v) is 45.9. The van der Waals surface area contributed by atoms with Gasteiger partial charge in [-0.15, -0.1) is 0 Å². The fourth-order valence-electron chi connectivity index (χ4n) is 11.7. The maximum absolute atomic E-state index is 11.7. The van der Waals surface area contributed by atoms with Crippen molar-refractivity contribution in [1.29, 1.82) is 0 Å². The van der Waals surface area contributed by atoms with Crippen molar-refractivity contribution < 1.29 is 87.8 Å². The van der Waals surface area contributed by atoms with Gasteiger partial charge in [0.05, 0.1) is 0 Å². The van der Waals surface area contributed by atoms with Gasteiger partial charge in [0.25, 0.3) is 0 Å². The van der Waals surface area contributed by atoms with Crippen LogP contribution in [0.3, 0.4) is 0 Å². The Labute approximate surface area is 692 Å². The van der Waals surface area contributed by atoms with Crippen LogP contribution in [-0.4, -0.2) is 136 Å². The van der Waals surface area contributed by atoms with Crippen LogP contribution in [0.15, 0.2) is 0 Å². The molecule has 0 aromatic heterocycles. The molecule has 0 aliphatic carbocycles. The van der Waals surface area contributed by atoms with Gasteiger partial charge in [-0.05, 0) is 122 Å². The first-order valence-electron chi connectivity index (χ1n) is 45.9. The third-order valence-corrected chi connectivity index (χ3v) is 18.8. The first kappa shape index (κ1) is 119. The van der Waals surface area contributed by atoms with Crippen molar-refractivity contribution in [2.24, 2.45) is 5.73 Å². The summed E-state index contributed by atoms with van der Waals surface area (Å²) in [5.41, 5.74) is 5.20. The van der Waals surface area contributed by atoms with Crippen molar-refractivity contribution in [1.82, 2.24) is 26.6 Å². The summed E-state index contributed by atoms with van der Waals surface area (Å²) in [6.45, 7) is 17.1. The van der Waals surface area contributed by atoms with E-state index in [2.05, 4.69) is 68.1 Å². The van der Waals surface area contributed by atoms with Crippen molar-refractivity contribution in [2.75, 3.05) is 39.3 Å². The summed E-state index contributed by atoms with van der Waals surface area (Å²) in [6, 6.07) is 0. The average Bonchev–Trinajstić information content (AvgIpc) is 1.00. The van der Waals surface area contributed by atoms with Crippen LogP contribution in [0.2, 0.25) is 0 Å². The standard InChI is InChI=1S/C24H45NO4.C21H40N2O4.2C15H29NO3.C9H18O2.C6H13NO2/c1-3-5-7-9-11-14-18-22(26)25-21-17-13-16-20-24(28)29-23(27)19-15-12-10-8-6-4-2;1-2-3-4-5-6-9-14-19(24)22-17-12-7-10-15-20(25)23-18-13-8-11-16-21(26)27;2*1-2-3-4-5-6-8-11-14(17)16-13-10-7-9-12-15(18)19;1-2-3-4-5-6-7-8-9(10)11;7-5-3-1-2-4-6(8)9/h3-21H2,1-2H3,(H,25,26);2-18H2,1H3,(H,22,24)(H,23,25)(H,26,27);2*2-13H2,1H3,(H,16,17)(H,18,19);2-8H2,1H3,(H,10,11);1-5,7H2,(H,8,9). The second-order valence-corrected chi connectivity index (χ2v) is 30.3. The van der Waals surface area contributed by atoms with E-state index in [-0.39, 0.29) is 61.6 Å². The van der Waals surface area contributed by atoms with Gasteiger partial charge >= 0.3 is 41.8 Å². The number of nitrogens with two attached hydrogens (primary N) is 1. The van der Waals surface area contributed by atoms with E-state index in [1.165, 1.54) is 148 Å². The Morgan fingerprint density at radius 1 is 0.193 bits per heavy atom. The topological polar surface area (TPSA) is 401 Å². The maximum atomic E-state index is 11.7. The molecule has 114 heavy (non-hydrogen) atoms. The monoisotopic (exact) mass is 1630 g/mol. The van der Waals surface area contributed by atoms with E-state index >= 15 is 0 Å². The SMILES string of the molecule is CCCCCCCCC(=O)NCCCCCC(=O)NCCCCCC(=O)O.CCCCCCCCC(=O)NCCCCCC(=O)O.CCCCCCCCC(=O)NCCCCCC(=O)O.CCCCCCCCC(=O)NCCCCCC(=O)OC(=O)CCCCCCCC.CCCCCCCCC(=O)O.NCCCCCC(=O)O. The van der Waals surface area contributed by atoms with Crippen LogP contribution < -0.4 is 32.3 Å². The lowest BCUT2D eigenvalue weighted by Crippen LogP contribution is -2.25. The number of esters is 2. The number of nitrogens with one attached hydrogen (secondary N) is 5. The first-order chi connectivity index (χ1) is 55.0. The van der Waals surface area contributed by atoms with Crippen molar-refractivity contribution in [3.8, 4) is 0 Å². The Morgan fingerprint density at radius 3 is 0.500 bits per heavy atom. The normalized spacial score (nSPS) is 10.4. The molecule has 0 saturated carbocycles. The third kappa shape index (κ3) is 124. The zero-order valence-corrected chi connectivity index (χ0v) is 73.5.